The van der Waals surface area contributed by atoms with Crippen molar-refractivity contribution in [3.8, 4) is 5.75 Å². The standard InChI is InChI=1S/C11H12Cl2O3S/c1-7-8(6-17(13,14)15)5-10(12)11-9(7)3-2-4-16-11/h5H,2-4,6H2,1H3. The summed E-state index contributed by atoms with van der Waals surface area (Å²) in [5.74, 6) is 0.485. The third kappa shape index (κ3) is 2.87. The summed E-state index contributed by atoms with van der Waals surface area (Å²) in [6.45, 7) is 2.53. The zero-order valence-corrected chi connectivity index (χ0v) is 11.6. The number of hydrogen-bond donors (Lipinski definition) is 0. The number of hydrogen-bond acceptors (Lipinski definition) is 3. The lowest BCUT2D eigenvalue weighted by molar-refractivity contribution is 0.288. The molecule has 0 unspecified atom stereocenters. The van der Waals surface area contributed by atoms with E-state index in [1.165, 1.54) is 0 Å². The van der Waals surface area contributed by atoms with Gasteiger partial charge in [0.2, 0.25) is 9.05 Å². The van der Waals surface area contributed by atoms with E-state index in [1.54, 1.807) is 6.07 Å². The average molecular weight is 295 g/mol. The van der Waals surface area contributed by atoms with Crippen molar-refractivity contribution in [2.75, 3.05) is 6.61 Å². The minimum Gasteiger partial charge on any atom is -0.492 e. The second-order valence-corrected chi connectivity index (χ2v) is 7.27. The van der Waals surface area contributed by atoms with Crippen LogP contribution in [0.1, 0.15) is 23.1 Å². The van der Waals surface area contributed by atoms with Crippen molar-refractivity contribution in [3.63, 3.8) is 0 Å². The third-order valence-corrected chi connectivity index (χ3v) is 4.14. The minimum absolute atomic E-state index is 0.201. The SMILES string of the molecule is Cc1c(CS(=O)(=O)Cl)cc(Cl)c2c1CCCO2. The van der Waals surface area contributed by atoms with Gasteiger partial charge in [-0.05, 0) is 42.5 Å². The molecule has 0 saturated carbocycles. The lowest BCUT2D eigenvalue weighted by Crippen LogP contribution is -2.12. The van der Waals surface area contributed by atoms with E-state index in [1.807, 2.05) is 6.92 Å². The van der Waals surface area contributed by atoms with E-state index in [0.29, 0.717) is 22.9 Å². The molecule has 0 bridgehead atoms. The van der Waals surface area contributed by atoms with Crippen molar-refractivity contribution >= 4 is 31.3 Å². The molecule has 0 fully saturated rings. The normalized spacial score (nSPS) is 15.2. The number of fused-ring (bicyclic) bond motifs is 1. The number of halogens is 2. The van der Waals surface area contributed by atoms with Gasteiger partial charge in [-0.15, -0.1) is 0 Å². The fourth-order valence-electron chi connectivity index (χ4n) is 2.05. The number of rotatable bonds is 2. The second-order valence-electron chi connectivity index (χ2n) is 4.09. The Kier molecular flexibility index (Phi) is 3.57. The predicted octanol–water partition coefficient (Wildman–Crippen LogP) is 3.04. The Morgan fingerprint density at radius 2 is 2.18 bits per heavy atom. The number of ether oxygens (including phenoxy) is 1. The maximum Gasteiger partial charge on any atom is 0.236 e. The summed E-state index contributed by atoms with van der Waals surface area (Å²) in [5, 5.41) is 0.459. The molecule has 0 aromatic heterocycles. The first kappa shape index (κ1) is 13.0. The summed E-state index contributed by atoms with van der Waals surface area (Å²) in [7, 11) is 1.70. The Balaban J connectivity index is 2.52. The molecule has 0 atom stereocenters. The van der Waals surface area contributed by atoms with Gasteiger partial charge < -0.3 is 4.74 Å². The first-order valence-corrected chi connectivity index (χ1v) is 8.10. The highest BCUT2D eigenvalue weighted by Crippen LogP contribution is 2.37. The summed E-state index contributed by atoms with van der Waals surface area (Å²) in [5.41, 5.74) is 2.56. The van der Waals surface area contributed by atoms with Crippen LogP contribution in [-0.2, 0) is 21.2 Å². The molecule has 94 valence electrons. The summed E-state index contributed by atoms with van der Waals surface area (Å²) < 4.78 is 27.8. The molecule has 2 rings (SSSR count). The van der Waals surface area contributed by atoms with Crippen molar-refractivity contribution in [1.29, 1.82) is 0 Å². The fraction of sp³-hybridized carbons (Fsp3) is 0.455. The van der Waals surface area contributed by atoms with Gasteiger partial charge in [-0.3, -0.25) is 0 Å². The molecule has 0 aliphatic carbocycles. The topological polar surface area (TPSA) is 43.4 Å². The second kappa shape index (κ2) is 4.67. The molecule has 1 aliphatic rings. The van der Waals surface area contributed by atoms with Crippen LogP contribution < -0.4 is 4.74 Å². The maximum absolute atomic E-state index is 11.1. The van der Waals surface area contributed by atoms with Crippen LogP contribution in [-0.4, -0.2) is 15.0 Å². The van der Waals surface area contributed by atoms with Gasteiger partial charge in [-0.2, -0.15) is 0 Å². The largest absolute Gasteiger partial charge is 0.492 e. The van der Waals surface area contributed by atoms with Crippen LogP contribution in [0.15, 0.2) is 6.07 Å². The summed E-state index contributed by atoms with van der Waals surface area (Å²) in [4.78, 5) is 0. The van der Waals surface area contributed by atoms with Crippen molar-refractivity contribution in [3.05, 3.63) is 27.8 Å². The van der Waals surface area contributed by atoms with Gasteiger partial charge in [0, 0.05) is 10.7 Å². The van der Waals surface area contributed by atoms with Crippen LogP contribution in [0.4, 0.5) is 0 Å². The van der Waals surface area contributed by atoms with Crippen LogP contribution >= 0.6 is 22.3 Å². The van der Waals surface area contributed by atoms with Crippen LogP contribution in [0.5, 0.6) is 5.75 Å². The molecule has 1 aliphatic heterocycles. The molecular weight excluding hydrogens is 283 g/mol. The Labute approximate surface area is 110 Å². The van der Waals surface area contributed by atoms with E-state index in [2.05, 4.69) is 0 Å². The predicted molar refractivity (Wildman–Crippen MR) is 68.5 cm³/mol. The highest BCUT2D eigenvalue weighted by Gasteiger charge is 2.21. The third-order valence-electron chi connectivity index (χ3n) is 2.87. The lowest BCUT2D eigenvalue weighted by atomic mass is 9.97. The molecule has 0 N–H and O–H groups in total. The van der Waals surface area contributed by atoms with E-state index in [-0.39, 0.29) is 5.75 Å². The van der Waals surface area contributed by atoms with E-state index >= 15 is 0 Å². The van der Waals surface area contributed by atoms with Crippen molar-refractivity contribution in [2.45, 2.75) is 25.5 Å². The molecule has 1 heterocycles. The Hall–Kier alpha value is -0.450. The molecule has 17 heavy (non-hydrogen) atoms. The van der Waals surface area contributed by atoms with E-state index in [9.17, 15) is 8.42 Å². The molecule has 0 radical (unpaired) electrons. The van der Waals surface area contributed by atoms with Gasteiger partial charge in [0.15, 0.2) is 0 Å². The van der Waals surface area contributed by atoms with Gasteiger partial charge in [-0.25, -0.2) is 8.42 Å². The van der Waals surface area contributed by atoms with Crippen molar-refractivity contribution < 1.29 is 13.2 Å². The Morgan fingerprint density at radius 3 is 2.82 bits per heavy atom. The van der Waals surface area contributed by atoms with Crippen LogP contribution in [0.3, 0.4) is 0 Å². The molecule has 1 aromatic rings. The maximum atomic E-state index is 11.1. The average Bonchev–Trinajstić information content (AvgIpc) is 2.24. The zero-order chi connectivity index (χ0) is 12.6. The van der Waals surface area contributed by atoms with Crippen molar-refractivity contribution in [1.82, 2.24) is 0 Å². The highest BCUT2D eigenvalue weighted by atomic mass is 35.7. The lowest BCUT2D eigenvalue weighted by Gasteiger charge is -2.22. The van der Waals surface area contributed by atoms with E-state index in [4.69, 9.17) is 27.0 Å². The molecule has 0 amide bonds. The van der Waals surface area contributed by atoms with Gasteiger partial charge in [0.1, 0.15) is 5.75 Å². The molecule has 0 spiro atoms. The molecule has 0 saturated heterocycles. The first-order valence-electron chi connectivity index (χ1n) is 5.24. The van der Waals surface area contributed by atoms with Gasteiger partial charge in [0.05, 0.1) is 17.4 Å². The molecular formula is C11H12Cl2O3S. The molecule has 1 aromatic carbocycles. The summed E-state index contributed by atoms with van der Waals surface area (Å²) in [6.07, 6.45) is 1.78. The fourth-order valence-corrected chi connectivity index (χ4v) is 3.38. The van der Waals surface area contributed by atoms with E-state index in [0.717, 1.165) is 24.0 Å². The van der Waals surface area contributed by atoms with Crippen LogP contribution in [0.25, 0.3) is 0 Å². The zero-order valence-electron chi connectivity index (χ0n) is 9.29. The summed E-state index contributed by atoms with van der Waals surface area (Å²) >= 11 is 6.09. The molecule has 6 heteroatoms. The monoisotopic (exact) mass is 294 g/mol. The van der Waals surface area contributed by atoms with Crippen molar-refractivity contribution in [2.24, 2.45) is 0 Å². The van der Waals surface area contributed by atoms with Gasteiger partial charge in [0.25, 0.3) is 0 Å². The quantitative estimate of drug-likeness (QED) is 0.788. The van der Waals surface area contributed by atoms with Gasteiger partial charge in [-0.1, -0.05) is 11.6 Å². The highest BCUT2D eigenvalue weighted by molar-refractivity contribution is 8.13. The Bertz CT molecular complexity index is 552. The van der Waals surface area contributed by atoms with E-state index < -0.39 is 9.05 Å². The first-order chi connectivity index (χ1) is 7.88. The van der Waals surface area contributed by atoms with Crippen LogP contribution in [0, 0.1) is 6.92 Å². The summed E-state index contributed by atoms with van der Waals surface area (Å²) in [6, 6.07) is 1.63. The minimum atomic E-state index is -3.57. The number of benzene rings is 1. The Morgan fingerprint density at radius 1 is 1.47 bits per heavy atom. The molecule has 3 nitrogen and oxygen atoms in total. The van der Waals surface area contributed by atoms with Crippen LogP contribution in [0.2, 0.25) is 5.02 Å². The smallest absolute Gasteiger partial charge is 0.236 e. The van der Waals surface area contributed by atoms with Gasteiger partial charge >= 0.3 is 0 Å².